The maximum absolute atomic E-state index is 12.9. The molecule has 0 fully saturated rings. The Morgan fingerprint density at radius 1 is 1.00 bits per heavy atom. The number of anilines is 1. The highest BCUT2D eigenvalue weighted by Gasteiger charge is 2.19. The highest BCUT2D eigenvalue weighted by molar-refractivity contribution is 7.92. The standard InChI is InChI=1S/C20H27N3O3S/c1-14-10-15(2)12-18(11-14)22-27(25,26)19-13-17(7-6-16(19)3)20(24)21-8-9-23(4)5/h6-7,10-13,22H,8-9H2,1-5H3,(H,21,24). The Bertz CT molecular complexity index is 917. The minimum atomic E-state index is -3.81. The molecule has 0 spiro atoms. The van der Waals surface area contributed by atoms with E-state index in [9.17, 15) is 13.2 Å². The number of aryl methyl sites for hydroxylation is 3. The fourth-order valence-corrected chi connectivity index (χ4v) is 4.08. The first-order valence-corrected chi connectivity index (χ1v) is 10.2. The van der Waals surface area contributed by atoms with E-state index < -0.39 is 10.0 Å². The molecule has 0 bridgehead atoms. The Labute approximate surface area is 161 Å². The molecule has 0 aliphatic carbocycles. The van der Waals surface area contributed by atoms with Gasteiger partial charge in [-0.15, -0.1) is 0 Å². The molecule has 0 saturated carbocycles. The molecule has 1 amide bonds. The molecule has 0 aromatic heterocycles. The Kier molecular flexibility index (Phi) is 6.62. The van der Waals surface area contributed by atoms with Crippen LogP contribution in [0, 0.1) is 20.8 Å². The van der Waals surface area contributed by atoms with Crippen molar-refractivity contribution in [2.24, 2.45) is 0 Å². The van der Waals surface area contributed by atoms with Gasteiger partial charge in [0.1, 0.15) is 0 Å². The number of carbonyl (C=O) groups excluding carboxylic acids is 1. The smallest absolute Gasteiger partial charge is 0.262 e. The number of hydrogen-bond donors (Lipinski definition) is 2. The van der Waals surface area contributed by atoms with E-state index in [1.165, 1.54) is 6.07 Å². The molecular formula is C20H27N3O3S. The van der Waals surface area contributed by atoms with Crippen molar-refractivity contribution in [1.29, 1.82) is 0 Å². The van der Waals surface area contributed by atoms with Crippen LogP contribution in [0.25, 0.3) is 0 Å². The number of hydrogen-bond acceptors (Lipinski definition) is 4. The summed E-state index contributed by atoms with van der Waals surface area (Å²) in [5.41, 5.74) is 3.35. The third kappa shape index (κ3) is 5.80. The summed E-state index contributed by atoms with van der Waals surface area (Å²) in [7, 11) is 0.0304. The van der Waals surface area contributed by atoms with Crippen LogP contribution in [0.1, 0.15) is 27.0 Å². The minimum absolute atomic E-state index is 0.0990. The molecule has 2 aromatic rings. The van der Waals surface area contributed by atoms with Crippen molar-refractivity contribution in [3.8, 4) is 0 Å². The summed E-state index contributed by atoms with van der Waals surface area (Å²) < 4.78 is 28.4. The molecule has 0 aliphatic rings. The largest absolute Gasteiger partial charge is 0.351 e. The number of sulfonamides is 1. The third-order valence-electron chi connectivity index (χ3n) is 4.06. The topological polar surface area (TPSA) is 78.5 Å². The van der Waals surface area contributed by atoms with Crippen molar-refractivity contribution >= 4 is 21.6 Å². The van der Waals surface area contributed by atoms with Gasteiger partial charge in [0.05, 0.1) is 4.90 Å². The Morgan fingerprint density at radius 3 is 2.22 bits per heavy atom. The van der Waals surface area contributed by atoms with Gasteiger partial charge in [-0.2, -0.15) is 0 Å². The average molecular weight is 390 g/mol. The number of nitrogens with one attached hydrogen (secondary N) is 2. The second-order valence-electron chi connectivity index (χ2n) is 7.02. The van der Waals surface area contributed by atoms with Crippen LogP contribution >= 0.6 is 0 Å². The summed E-state index contributed by atoms with van der Waals surface area (Å²) in [6, 6.07) is 10.2. The van der Waals surface area contributed by atoms with Gasteiger partial charge in [0.15, 0.2) is 0 Å². The summed E-state index contributed by atoms with van der Waals surface area (Å²) in [4.78, 5) is 14.4. The van der Waals surface area contributed by atoms with Gasteiger partial charge in [-0.05, 0) is 75.8 Å². The van der Waals surface area contributed by atoms with E-state index in [4.69, 9.17) is 0 Å². The molecule has 27 heavy (non-hydrogen) atoms. The molecule has 0 atom stereocenters. The van der Waals surface area contributed by atoms with Gasteiger partial charge in [-0.3, -0.25) is 9.52 Å². The van der Waals surface area contributed by atoms with Crippen LogP contribution in [0.3, 0.4) is 0 Å². The number of amides is 1. The Morgan fingerprint density at radius 2 is 1.63 bits per heavy atom. The predicted octanol–water partition coefficient (Wildman–Crippen LogP) is 2.70. The first-order valence-electron chi connectivity index (χ1n) is 8.73. The summed E-state index contributed by atoms with van der Waals surface area (Å²) in [5.74, 6) is -0.292. The maximum Gasteiger partial charge on any atom is 0.262 e. The fourth-order valence-electron chi connectivity index (χ4n) is 2.77. The van der Waals surface area contributed by atoms with Crippen LogP contribution in [0.5, 0.6) is 0 Å². The minimum Gasteiger partial charge on any atom is -0.351 e. The SMILES string of the molecule is Cc1cc(C)cc(NS(=O)(=O)c2cc(C(=O)NCCN(C)C)ccc2C)c1. The highest BCUT2D eigenvalue weighted by atomic mass is 32.2. The van der Waals surface area contributed by atoms with E-state index in [2.05, 4.69) is 10.0 Å². The van der Waals surface area contributed by atoms with Crippen LogP contribution in [0.15, 0.2) is 41.3 Å². The monoisotopic (exact) mass is 389 g/mol. The van der Waals surface area contributed by atoms with Crippen molar-refractivity contribution in [2.75, 3.05) is 31.9 Å². The number of likely N-dealkylation sites (N-methyl/N-ethyl adjacent to an activating group) is 1. The highest BCUT2D eigenvalue weighted by Crippen LogP contribution is 2.22. The van der Waals surface area contributed by atoms with Crippen molar-refractivity contribution in [3.63, 3.8) is 0 Å². The van der Waals surface area contributed by atoms with E-state index in [1.807, 2.05) is 38.9 Å². The molecule has 2 N–H and O–H groups in total. The molecule has 7 heteroatoms. The lowest BCUT2D eigenvalue weighted by atomic mass is 10.1. The Hall–Kier alpha value is -2.38. The van der Waals surface area contributed by atoms with E-state index >= 15 is 0 Å². The Balaban J connectivity index is 2.26. The van der Waals surface area contributed by atoms with Gasteiger partial charge in [0, 0.05) is 24.3 Å². The number of carbonyl (C=O) groups is 1. The molecular weight excluding hydrogens is 362 g/mol. The lowest BCUT2D eigenvalue weighted by Crippen LogP contribution is -2.31. The zero-order chi connectivity index (χ0) is 20.2. The average Bonchev–Trinajstić information content (AvgIpc) is 2.53. The van der Waals surface area contributed by atoms with Crippen LogP contribution in [0.2, 0.25) is 0 Å². The summed E-state index contributed by atoms with van der Waals surface area (Å²) >= 11 is 0. The van der Waals surface area contributed by atoms with Gasteiger partial charge in [0.2, 0.25) is 0 Å². The van der Waals surface area contributed by atoms with Crippen molar-refractivity contribution in [3.05, 3.63) is 58.7 Å². The number of benzene rings is 2. The molecule has 2 aromatic carbocycles. The van der Waals surface area contributed by atoms with E-state index in [0.717, 1.165) is 11.1 Å². The summed E-state index contributed by atoms with van der Waals surface area (Å²) in [6.45, 7) is 6.73. The number of nitrogens with zero attached hydrogens (tertiary/aromatic N) is 1. The van der Waals surface area contributed by atoms with Crippen LogP contribution in [-0.4, -0.2) is 46.4 Å². The van der Waals surface area contributed by atoms with Crippen molar-refractivity contribution in [2.45, 2.75) is 25.7 Å². The van der Waals surface area contributed by atoms with Crippen LogP contribution in [0.4, 0.5) is 5.69 Å². The fraction of sp³-hybridized carbons (Fsp3) is 0.350. The molecule has 0 saturated heterocycles. The van der Waals surface area contributed by atoms with Gasteiger partial charge in [-0.25, -0.2) is 8.42 Å². The lowest BCUT2D eigenvalue weighted by Gasteiger charge is -2.14. The zero-order valence-electron chi connectivity index (χ0n) is 16.5. The van der Waals surface area contributed by atoms with Gasteiger partial charge in [0.25, 0.3) is 15.9 Å². The molecule has 0 heterocycles. The lowest BCUT2D eigenvalue weighted by molar-refractivity contribution is 0.0951. The normalized spacial score (nSPS) is 11.5. The molecule has 146 valence electrons. The summed E-state index contributed by atoms with van der Waals surface area (Å²) in [6.07, 6.45) is 0. The van der Waals surface area contributed by atoms with E-state index in [-0.39, 0.29) is 10.8 Å². The maximum atomic E-state index is 12.9. The van der Waals surface area contributed by atoms with E-state index in [0.29, 0.717) is 29.9 Å². The number of rotatable bonds is 7. The van der Waals surface area contributed by atoms with Crippen LogP contribution < -0.4 is 10.0 Å². The van der Waals surface area contributed by atoms with E-state index in [1.54, 1.807) is 31.2 Å². The molecule has 0 unspecified atom stereocenters. The molecule has 0 radical (unpaired) electrons. The van der Waals surface area contributed by atoms with Crippen LogP contribution in [-0.2, 0) is 10.0 Å². The van der Waals surface area contributed by atoms with Gasteiger partial charge >= 0.3 is 0 Å². The molecule has 0 aliphatic heterocycles. The first-order chi connectivity index (χ1) is 12.6. The zero-order valence-corrected chi connectivity index (χ0v) is 17.3. The van der Waals surface area contributed by atoms with Crippen molar-refractivity contribution < 1.29 is 13.2 Å². The molecule has 2 rings (SSSR count). The summed E-state index contributed by atoms with van der Waals surface area (Å²) in [5, 5.41) is 2.80. The molecule has 6 nitrogen and oxygen atoms in total. The predicted molar refractivity (Wildman–Crippen MR) is 109 cm³/mol. The first kappa shape index (κ1) is 20.9. The van der Waals surface area contributed by atoms with Gasteiger partial charge < -0.3 is 10.2 Å². The quantitative estimate of drug-likeness (QED) is 0.763. The second kappa shape index (κ2) is 8.54. The van der Waals surface area contributed by atoms with Gasteiger partial charge in [-0.1, -0.05) is 12.1 Å². The van der Waals surface area contributed by atoms with Crippen molar-refractivity contribution in [1.82, 2.24) is 10.2 Å². The second-order valence-corrected chi connectivity index (χ2v) is 8.67. The third-order valence-corrected chi connectivity index (χ3v) is 5.58.